The fourth-order valence-corrected chi connectivity index (χ4v) is 4.03. The molecule has 2 aliphatic rings. The SMILES string of the molecule is CC(C)Oc1ccc(NC(=O)c2nc(C(=O)N3CCCC3)c3n2CCCC3)cc1. The first kappa shape index (κ1) is 19.5. The van der Waals surface area contributed by atoms with Crippen LogP contribution in [0.3, 0.4) is 0 Å². The van der Waals surface area contributed by atoms with Gasteiger partial charge in [-0.1, -0.05) is 0 Å². The number of carbonyl (C=O) groups excluding carboxylic acids is 2. The lowest BCUT2D eigenvalue weighted by molar-refractivity contribution is 0.0786. The maximum absolute atomic E-state index is 13.0. The van der Waals surface area contributed by atoms with Crippen LogP contribution < -0.4 is 10.1 Å². The molecule has 154 valence electrons. The summed E-state index contributed by atoms with van der Waals surface area (Å²) >= 11 is 0. The second kappa shape index (κ2) is 8.27. The van der Waals surface area contributed by atoms with Crippen molar-refractivity contribution in [3.8, 4) is 5.75 Å². The number of fused-ring (bicyclic) bond motifs is 1. The Morgan fingerprint density at radius 2 is 1.72 bits per heavy atom. The molecule has 3 heterocycles. The van der Waals surface area contributed by atoms with Gasteiger partial charge in [0.2, 0.25) is 0 Å². The number of amides is 2. The van der Waals surface area contributed by atoms with Crippen LogP contribution >= 0.6 is 0 Å². The van der Waals surface area contributed by atoms with E-state index in [4.69, 9.17) is 4.74 Å². The number of imidazole rings is 1. The van der Waals surface area contributed by atoms with Gasteiger partial charge in [-0.15, -0.1) is 0 Å². The number of likely N-dealkylation sites (tertiary alicyclic amines) is 1. The fraction of sp³-hybridized carbons (Fsp3) is 0.500. The molecule has 2 aliphatic heterocycles. The lowest BCUT2D eigenvalue weighted by atomic mass is 10.1. The van der Waals surface area contributed by atoms with E-state index >= 15 is 0 Å². The summed E-state index contributed by atoms with van der Waals surface area (Å²) < 4.78 is 7.57. The van der Waals surface area contributed by atoms with Gasteiger partial charge >= 0.3 is 0 Å². The summed E-state index contributed by atoms with van der Waals surface area (Å²) in [5, 5.41) is 2.91. The van der Waals surface area contributed by atoms with Crippen LogP contribution in [-0.4, -0.2) is 45.5 Å². The number of benzene rings is 1. The van der Waals surface area contributed by atoms with Crippen LogP contribution in [0.1, 0.15) is 66.3 Å². The number of hydrogen-bond acceptors (Lipinski definition) is 4. The Kier molecular flexibility index (Phi) is 5.56. The van der Waals surface area contributed by atoms with Crippen molar-refractivity contribution in [2.24, 2.45) is 0 Å². The number of rotatable bonds is 5. The molecule has 0 aliphatic carbocycles. The molecule has 7 nitrogen and oxygen atoms in total. The average molecular weight is 396 g/mol. The number of aromatic nitrogens is 2. The van der Waals surface area contributed by atoms with Crippen molar-refractivity contribution < 1.29 is 14.3 Å². The van der Waals surface area contributed by atoms with Gasteiger partial charge in [-0.05, 0) is 70.2 Å². The lowest BCUT2D eigenvalue weighted by Gasteiger charge is -2.18. The molecule has 29 heavy (non-hydrogen) atoms. The van der Waals surface area contributed by atoms with E-state index in [1.54, 1.807) is 0 Å². The van der Waals surface area contributed by atoms with Crippen molar-refractivity contribution in [3.05, 3.63) is 41.5 Å². The van der Waals surface area contributed by atoms with Crippen molar-refractivity contribution in [2.75, 3.05) is 18.4 Å². The van der Waals surface area contributed by atoms with Crippen molar-refractivity contribution in [3.63, 3.8) is 0 Å². The van der Waals surface area contributed by atoms with E-state index in [1.807, 2.05) is 47.6 Å². The average Bonchev–Trinajstić information content (AvgIpc) is 3.37. The standard InChI is InChI=1S/C22H28N4O3/c1-15(2)29-17-10-8-16(9-11-17)23-21(27)20-24-19(18-7-3-4-14-26(18)20)22(28)25-12-5-6-13-25/h8-11,15H,3-7,12-14H2,1-2H3,(H,23,27). The van der Waals surface area contributed by atoms with Crippen molar-refractivity contribution in [2.45, 2.75) is 58.6 Å². The van der Waals surface area contributed by atoms with Gasteiger partial charge in [0.1, 0.15) is 11.4 Å². The van der Waals surface area contributed by atoms with E-state index in [0.29, 0.717) is 17.2 Å². The molecule has 1 aromatic heterocycles. The minimum atomic E-state index is -0.286. The summed E-state index contributed by atoms with van der Waals surface area (Å²) in [7, 11) is 0. The number of anilines is 1. The van der Waals surface area contributed by atoms with Gasteiger partial charge in [-0.25, -0.2) is 4.98 Å². The molecule has 0 saturated carbocycles. The van der Waals surface area contributed by atoms with Gasteiger partial charge in [-0.3, -0.25) is 9.59 Å². The highest BCUT2D eigenvalue weighted by Gasteiger charge is 2.30. The highest BCUT2D eigenvalue weighted by atomic mass is 16.5. The molecular weight excluding hydrogens is 368 g/mol. The molecule has 0 spiro atoms. The summed E-state index contributed by atoms with van der Waals surface area (Å²) in [6.45, 7) is 6.21. The van der Waals surface area contributed by atoms with Crippen molar-refractivity contribution >= 4 is 17.5 Å². The van der Waals surface area contributed by atoms with Crippen LogP contribution in [0.25, 0.3) is 0 Å². The number of nitrogens with zero attached hydrogens (tertiary/aromatic N) is 3. The molecule has 2 amide bonds. The van der Waals surface area contributed by atoms with Crippen LogP contribution in [-0.2, 0) is 13.0 Å². The number of carbonyl (C=O) groups is 2. The van der Waals surface area contributed by atoms with Crippen LogP contribution in [0.4, 0.5) is 5.69 Å². The van der Waals surface area contributed by atoms with E-state index in [0.717, 1.165) is 63.2 Å². The fourth-order valence-electron chi connectivity index (χ4n) is 4.03. The molecule has 0 unspecified atom stereocenters. The summed E-state index contributed by atoms with van der Waals surface area (Å²) in [5.41, 5.74) is 2.03. The third-order valence-corrected chi connectivity index (χ3v) is 5.40. The summed E-state index contributed by atoms with van der Waals surface area (Å²) in [5.74, 6) is 0.757. The normalized spacial score (nSPS) is 16.0. The summed E-state index contributed by atoms with van der Waals surface area (Å²) in [6, 6.07) is 7.29. The molecule has 2 aromatic rings. The molecule has 1 fully saturated rings. The number of hydrogen-bond donors (Lipinski definition) is 1. The monoisotopic (exact) mass is 396 g/mol. The molecule has 0 bridgehead atoms. The molecule has 1 N–H and O–H groups in total. The van der Waals surface area contributed by atoms with E-state index in [9.17, 15) is 9.59 Å². The van der Waals surface area contributed by atoms with Gasteiger partial charge < -0.3 is 19.5 Å². The van der Waals surface area contributed by atoms with Crippen LogP contribution in [0.15, 0.2) is 24.3 Å². The largest absolute Gasteiger partial charge is 0.491 e. The van der Waals surface area contributed by atoms with E-state index in [-0.39, 0.29) is 17.9 Å². The summed E-state index contributed by atoms with van der Waals surface area (Å²) in [6.07, 6.45) is 4.96. The predicted octanol–water partition coefficient (Wildman–Crippen LogP) is 3.49. The first-order valence-electron chi connectivity index (χ1n) is 10.5. The molecule has 4 rings (SSSR count). The van der Waals surface area contributed by atoms with E-state index in [2.05, 4.69) is 10.3 Å². The first-order valence-corrected chi connectivity index (χ1v) is 10.5. The maximum atomic E-state index is 13.0. The maximum Gasteiger partial charge on any atom is 0.291 e. The first-order chi connectivity index (χ1) is 14.0. The molecule has 7 heteroatoms. The Morgan fingerprint density at radius 1 is 1.03 bits per heavy atom. The molecule has 1 saturated heterocycles. The van der Waals surface area contributed by atoms with Gasteiger partial charge in [0.15, 0.2) is 5.82 Å². The minimum Gasteiger partial charge on any atom is -0.491 e. The minimum absolute atomic E-state index is 0.0395. The molecular formula is C22H28N4O3. The molecule has 0 radical (unpaired) electrons. The van der Waals surface area contributed by atoms with Crippen LogP contribution in [0.2, 0.25) is 0 Å². The topological polar surface area (TPSA) is 76.5 Å². The van der Waals surface area contributed by atoms with Gasteiger partial charge in [0.05, 0.1) is 11.8 Å². The Labute approximate surface area is 171 Å². The predicted molar refractivity (Wildman–Crippen MR) is 110 cm³/mol. The quantitative estimate of drug-likeness (QED) is 0.839. The van der Waals surface area contributed by atoms with Gasteiger partial charge in [-0.2, -0.15) is 0 Å². The zero-order chi connectivity index (χ0) is 20.4. The van der Waals surface area contributed by atoms with Crippen molar-refractivity contribution in [1.29, 1.82) is 0 Å². The van der Waals surface area contributed by atoms with Crippen molar-refractivity contribution in [1.82, 2.24) is 14.5 Å². The third kappa shape index (κ3) is 4.13. The molecule has 0 atom stereocenters. The lowest BCUT2D eigenvalue weighted by Crippen LogP contribution is -2.29. The highest BCUT2D eigenvalue weighted by Crippen LogP contribution is 2.24. The number of ether oxygens (including phenoxy) is 1. The Balaban J connectivity index is 1.55. The summed E-state index contributed by atoms with van der Waals surface area (Å²) in [4.78, 5) is 32.3. The van der Waals surface area contributed by atoms with Gasteiger partial charge in [0.25, 0.3) is 11.8 Å². The Morgan fingerprint density at radius 3 is 2.41 bits per heavy atom. The highest BCUT2D eigenvalue weighted by molar-refractivity contribution is 6.03. The number of nitrogens with one attached hydrogen (secondary N) is 1. The second-order valence-electron chi connectivity index (χ2n) is 7.98. The molecule has 1 aromatic carbocycles. The smallest absolute Gasteiger partial charge is 0.291 e. The Hall–Kier alpha value is -2.83. The van der Waals surface area contributed by atoms with Crippen LogP contribution in [0, 0.1) is 0 Å². The third-order valence-electron chi connectivity index (χ3n) is 5.40. The van der Waals surface area contributed by atoms with Crippen LogP contribution in [0.5, 0.6) is 5.75 Å². The van der Waals surface area contributed by atoms with E-state index < -0.39 is 0 Å². The Bertz CT molecular complexity index is 896. The van der Waals surface area contributed by atoms with E-state index in [1.165, 1.54) is 0 Å². The zero-order valence-electron chi connectivity index (χ0n) is 17.1. The van der Waals surface area contributed by atoms with Gasteiger partial charge in [0, 0.05) is 25.3 Å². The zero-order valence-corrected chi connectivity index (χ0v) is 17.1. The second-order valence-corrected chi connectivity index (χ2v) is 7.98.